The smallest absolute Gasteiger partial charge is 0.239 e. The van der Waals surface area contributed by atoms with Crippen LogP contribution >= 0.6 is 11.3 Å². The fourth-order valence-electron chi connectivity index (χ4n) is 3.24. The van der Waals surface area contributed by atoms with Gasteiger partial charge in [-0.25, -0.2) is 0 Å². The molecule has 0 saturated heterocycles. The topological polar surface area (TPSA) is 41.1 Å². The Balaban J connectivity index is 1.45. The van der Waals surface area contributed by atoms with E-state index in [-0.39, 0.29) is 5.91 Å². The first-order valence-electron chi connectivity index (χ1n) is 7.88. The van der Waals surface area contributed by atoms with Crippen molar-refractivity contribution in [2.24, 2.45) is 0 Å². The van der Waals surface area contributed by atoms with E-state index in [4.69, 9.17) is 0 Å². The van der Waals surface area contributed by atoms with Crippen molar-refractivity contribution in [3.63, 3.8) is 0 Å². The maximum absolute atomic E-state index is 12.0. The molecule has 1 amide bonds. The van der Waals surface area contributed by atoms with E-state index in [0.29, 0.717) is 13.1 Å². The Morgan fingerprint density at radius 1 is 1.04 bits per heavy atom. The molecular weight excluding hydrogens is 304 g/mol. The van der Waals surface area contributed by atoms with Crippen molar-refractivity contribution in [1.82, 2.24) is 5.32 Å². The minimum absolute atomic E-state index is 0.0154. The van der Waals surface area contributed by atoms with Crippen LogP contribution in [0.25, 0.3) is 10.8 Å². The lowest BCUT2D eigenvalue weighted by Gasteiger charge is -2.11. The Bertz CT molecular complexity index is 845. The van der Waals surface area contributed by atoms with E-state index in [1.807, 2.05) is 17.5 Å². The Kier molecular flexibility index (Phi) is 3.75. The predicted molar refractivity (Wildman–Crippen MR) is 96.0 cm³/mol. The third-order valence-corrected chi connectivity index (χ3v) is 5.23. The SMILES string of the molecule is O=C(CNc1ccc2c3c(cccc13)CC2)NCc1cccs1. The molecule has 0 bridgehead atoms. The molecule has 1 heterocycles. The lowest BCUT2D eigenvalue weighted by molar-refractivity contribution is -0.119. The Morgan fingerprint density at radius 2 is 1.91 bits per heavy atom. The van der Waals surface area contributed by atoms with Gasteiger partial charge in [0.2, 0.25) is 5.91 Å². The fraction of sp³-hybridized carbons (Fsp3) is 0.211. The number of thiophene rings is 1. The molecule has 116 valence electrons. The third kappa shape index (κ3) is 2.82. The maximum Gasteiger partial charge on any atom is 0.239 e. The normalized spacial score (nSPS) is 12.5. The maximum atomic E-state index is 12.0. The summed E-state index contributed by atoms with van der Waals surface area (Å²) in [5.74, 6) is 0.0154. The van der Waals surface area contributed by atoms with Gasteiger partial charge in [0.15, 0.2) is 0 Å². The summed E-state index contributed by atoms with van der Waals surface area (Å²) in [4.78, 5) is 13.2. The molecule has 0 radical (unpaired) electrons. The van der Waals surface area contributed by atoms with Crippen LogP contribution in [0.2, 0.25) is 0 Å². The number of hydrogen-bond donors (Lipinski definition) is 2. The quantitative estimate of drug-likeness (QED) is 0.751. The number of nitrogens with one attached hydrogen (secondary N) is 2. The van der Waals surface area contributed by atoms with Gasteiger partial charge in [-0.3, -0.25) is 4.79 Å². The van der Waals surface area contributed by atoms with Gasteiger partial charge in [-0.05, 0) is 46.9 Å². The van der Waals surface area contributed by atoms with Gasteiger partial charge in [0.05, 0.1) is 13.1 Å². The highest BCUT2D eigenvalue weighted by atomic mass is 32.1. The van der Waals surface area contributed by atoms with Crippen LogP contribution in [-0.2, 0) is 24.2 Å². The van der Waals surface area contributed by atoms with Gasteiger partial charge in [-0.15, -0.1) is 11.3 Å². The lowest BCUT2D eigenvalue weighted by Crippen LogP contribution is -2.29. The molecule has 1 aliphatic rings. The van der Waals surface area contributed by atoms with Gasteiger partial charge >= 0.3 is 0 Å². The second-order valence-electron chi connectivity index (χ2n) is 5.82. The summed E-state index contributed by atoms with van der Waals surface area (Å²) in [6.07, 6.45) is 2.24. The van der Waals surface area contributed by atoms with E-state index in [0.717, 1.165) is 18.5 Å². The Labute approximate surface area is 139 Å². The molecule has 2 aromatic carbocycles. The summed E-state index contributed by atoms with van der Waals surface area (Å²) in [6.45, 7) is 0.895. The van der Waals surface area contributed by atoms with E-state index in [1.54, 1.807) is 11.3 Å². The van der Waals surface area contributed by atoms with Crippen molar-refractivity contribution in [2.45, 2.75) is 19.4 Å². The summed E-state index contributed by atoms with van der Waals surface area (Å²) < 4.78 is 0. The van der Waals surface area contributed by atoms with Crippen molar-refractivity contribution < 1.29 is 4.79 Å². The van der Waals surface area contributed by atoms with Gasteiger partial charge in [0.1, 0.15) is 0 Å². The molecule has 1 aliphatic carbocycles. The predicted octanol–water partition coefficient (Wildman–Crippen LogP) is 3.73. The number of anilines is 1. The zero-order chi connectivity index (χ0) is 15.6. The molecule has 0 atom stereocenters. The molecule has 4 rings (SSSR count). The summed E-state index contributed by atoms with van der Waals surface area (Å²) in [7, 11) is 0. The van der Waals surface area contributed by atoms with Gasteiger partial charge in [-0.1, -0.05) is 30.3 Å². The Hall–Kier alpha value is -2.33. The van der Waals surface area contributed by atoms with Gasteiger partial charge in [-0.2, -0.15) is 0 Å². The van der Waals surface area contributed by atoms with Crippen molar-refractivity contribution >= 4 is 33.7 Å². The van der Waals surface area contributed by atoms with Gasteiger partial charge in [0, 0.05) is 16.0 Å². The van der Waals surface area contributed by atoms with E-state index in [9.17, 15) is 4.79 Å². The van der Waals surface area contributed by atoms with Crippen molar-refractivity contribution in [1.29, 1.82) is 0 Å². The molecule has 4 heteroatoms. The third-order valence-electron chi connectivity index (χ3n) is 4.36. The minimum Gasteiger partial charge on any atom is -0.376 e. The molecule has 2 N–H and O–H groups in total. The molecule has 0 fully saturated rings. The Morgan fingerprint density at radius 3 is 2.74 bits per heavy atom. The summed E-state index contributed by atoms with van der Waals surface area (Å²) >= 11 is 1.66. The fourth-order valence-corrected chi connectivity index (χ4v) is 3.88. The van der Waals surface area contributed by atoms with Crippen LogP contribution in [0, 0.1) is 0 Å². The highest BCUT2D eigenvalue weighted by Crippen LogP contribution is 2.34. The lowest BCUT2D eigenvalue weighted by atomic mass is 10.0. The molecule has 3 aromatic rings. The van der Waals surface area contributed by atoms with Gasteiger partial charge in [0.25, 0.3) is 0 Å². The average molecular weight is 322 g/mol. The van der Waals surface area contributed by atoms with Crippen LogP contribution in [0.3, 0.4) is 0 Å². The second-order valence-corrected chi connectivity index (χ2v) is 6.85. The van der Waals surface area contributed by atoms with Crippen LogP contribution in [0.15, 0.2) is 47.8 Å². The summed E-state index contributed by atoms with van der Waals surface area (Å²) in [5, 5.41) is 10.9. The van der Waals surface area contributed by atoms with Crippen molar-refractivity contribution in [2.75, 3.05) is 11.9 Å². The monoisotopic (exact) mass is 322 g/mol. The zero-order valence-corrected chi connectivity index (χ0v) is 13.6. The number of rotatable bonds is 5. The number of amides is 1. The second kappa shape index (κ2) is 6.05. The molecule has 0 aliphatic heterocycles. The molecule has 1 aromatic heterocycles. The number of hydrogen-bond acceptors (Lipinski definition) is 3. The molecule has 0 spiro atoms. The molecule has 23 heavy (non-hydrogen) atoms. The first-order chi connectivity index (χ1) is 11.3. The highest BCUT2D eigenvalue weighted by molar-refractivity contribution is 7.09. The van der Waals surface area contributed by atoms with E-state index >= 15 is 0 Å². The average Bonchev–Trinajstić information content (AvgIpc) is 3.23. The van der Waals surface area contributed by atoms with Crippen LogP contribution < -0.4 is 10.6 Å². The van der Waals surface area contributed by atoms with Crippen LogP contribution in [0.5, 0.6) is 0 Å². The van der Waals surface area contributed by atoms with Crippen LogP contribution in [-0.4, -0.2) is 12.5 Å². The molecular formula is C19H18N2OS. The van der Waals surface area contributed by atoms with Crippen LogP contribution in [0.4, 0.5) is 5.69 Å². The van der Waals surface area contributed by atoms with Crippen molar-refractivity contribution in [3.8, 4) is 0 Å². The number of carbonyl (C=O) groups is 1. The number of carbonyl (C=O) groups excluding carboxylic acids is 1. The van der Waals surface area contributed by atoms with Gasteiger partial charge < -0.3 is 10.6 Å². The molecule has 0 unspecified atom stereocenters. The number of aryl methyl sites for hydroxylation is 2. The minimum atomic E-state index is 0.0154. The van der Waals surface area contributed by atoms with Crippen molar-refractivity contribution in [3.05, 3.63) is 63.8 Å². The largest absolute Gasteiger partial charge is 0.376 e. The first-order valence-corrected chi connectivity index (χ1v) is 8.75. The zero-order valence-electron chi connectivity index (χ0n) is 12.8. The van der Waals surface area contributed by atoms with Crippen LogP contribution in [0.1, 0.15) is 16.0 Å². The first kappa shape index (κ1) is 14.3. The molecule has 0 saturated carbocycles. The summed E-state index contributed by atoms with van der Waals surface area (Å²) in [6, 6.07) is 14.8. The van der Waals surface area contributed by atoms with E-state index < -0.39 is 0 Å². The highest BCUT2D eigenvalue weighted by Gasteiger charge is 2.15. The van der Waals surface area contributed by atoms with E-state index in [2.05, 4.69) is 41.0 Å². The van der Waals surface area contributed by atoms with E-state index in [1.165, 1.54) is 26.8 Å². The number of benzene rings is 2. The molecule has 3 nitrogen and oxygen atoms in total. The standard InChI is InChI=1S/C19H18N2OS/c22-18(21-11-15-4-2-10-23-15)12-20-17-9-8-14-7-6-13-3-1-5-16(17)19(13)14/h1-5,8-10,20H,6-7,11-12H2,(H,21,22). The summed E-state index contributed by atoms with van der Waals surface area (Å²) in [5.41, 5.74) is 3.88.